The molecule has 0 spiro atoms. The number of nitrogens with zero attached hydrogens (tertiary/aromatic N) is 5. The fourth-order valence-corrected chi connectivity index (χ4v) is 2.20. The lowest BCUT2D eigenvalue weighted by atomic mass is 10.2. The molecule has 1 aliphatic rings. The fraction of sp³-hybridized carbons (Fsp3) is 0.385. The van der Waals surface area contributed by atoms with E-state index in [0.29, 0.717) is 25.5 Å². The number of hydrogen-bond donors (Lipinski definition) is 0. The summed E-state index contributed by atoms with van der Waals surface area (Å²) >= 11 is 0. The van der Waals surface area contributed by atoms with Crippen LogP contribution in [0.15, 0.2) is 31.0 Å². The van der Waals surface area contributed by atoms with Crippen molar-refractivity contribution in [1.82, 2.24) is 24.4 Å². The molecule has 0 aliphatic carbocycles. The lowest BCUT2D eigenvalue weighted by Gasteiger charge is -2.32. The van der Waals surface area contributed by atoms with Gasteiger partial charge < -0.3 is 14.2 Å². The second kappa shape index (κ2) is 5.38. The standard InChI is InChI=1S/C13H15N5O2/c1-17-5-4-16-12(17)13(19)18-6-7-20-11(9-18)10-8-14-2-3-15-10/h2-5,8,11H,6-7,9H2,1H3/t11-/m1/s1. The lowest BCUT2D eigenvalue weighted by molar-refractivity contribution is -0.0254. The number of ether oxygens (including phenoxy) is 1. The van der Waals surface area contributed by atoms with Crippen molar-refractivity contribution in [3.63, 3.8) is 0 Å². The van der Waals surface area contributed by atoms with Gasteiger partial charge in [-0.1, -0.05) is 0 Å². The third kappa shape index (κ3) is 2.39. The minimum atomic E-state index is -0.235. The molecule has 0 saturated carbocycles. The first-order chi connectivity index (χ1) is 9.75. The van der Waals surface area contributed by atoms with Crippen LogP contribution in [0.4, 0.5) is 0 Å². The normalized spacial score (nSPS) is 19.1. The van der Waals surface area contributed by atoms with Crippen LogP contribution in [0.2, 0.25) is 0 Å². The van der Waals surface area contributed by atoms with Gasteiger partial charge in [0.05, 0.1) is 25.0 Å². The molecule has 1 aliphatic heterocycles. The summed E-state index contributed by atoms with van der Waals surface area (Å²) in [7, 11) is 1.81. The minimum Gasteiger partial charge on any atom is -0.368 e. The summed E-state index contributed by atoms with van der Waals surface area (Å²) in [6.07, 6.45) is 8.05. The molecule has 0 unspecified atom stereocenters. The van der Waals surface area contributed by atoms with E-state index in [0.717, 1.165) is 5.69 Å². The van der Waals surface area contributed by atoms with Gasteiger partial charge >= 0.3 is 0 Å². The van der Waals surface area contributed by atoms with Crippen LogP contribution >= 0.6 is 0 Å². The highest BCUT2D eigenvalue weighted by atomic mass is 16.5. The van der Waals surface area contributed by atoms with Gasteiger partial charge in [-0.25, -0.2) is 4.98 Å². The predicted molar refractivity (Wildman–Crippen MR) is 69.8 cm³/mol. The van der Waals surface area contributed by atoms with Crippen molar-refractivity contribution in [2.24, 2.45) is 7.05 Å². The molecule has 2 aromatic heterocycles. The molecule has 1 atom stereocenters. The van der Waals surface area contributed by atoms with Crippen molar-refractivity contribution in [3.8, 4) is 0 Å². The molecule has 0 radical (unpaired) electrons. The molecule has 7 heteroatoms. The zero-order chi connectivity index (χ0) is 13.9. The van der Waals surface area contributed by atoms with E-state index in [4.69, 9.17) is 4.74 Å². The van der Waals surface area contributed by atoms with E-state index in [1.807, 2.05) is 0 Å². The summed E-state index contributed by atoms with van der Waals surface area (Å²) in [6, 6.07) is 0. The number of carbonyl (C=O) groups excluding carboxylic acids is 1. The Morgan fingerprint density at radius 2 is 2.25 bits per heavy atom. The van der Waals surface area contributed by atoms with Gasteiger partial charge in [-0.05, 0) is 0 Å². The summed E-state index contributed by atoms with van der Waals surface area (Å²) in [6.45, 7) is 1.50. The first-order valence-corrected chi connectivity index (χ1v) is 6.40. The van der Waals surface area contributed by atoms with Gasteiger partial charge in [-0.15, -0.1) is 0 Å². The van der Waals surface area contributed by atoms with Gasteiger partial charge in [0.15, 0.2) is 5.82 Å². The van der Waals surface area contributed by atoms with Crippen molar-refractivity contribution in [2.75, 3.05) is 19.7 Å². The smallest absolute Gasteiger partial charge is 0.290 e. The molecule has 2 aromatic rings. The van der Waals surface area contributed by atoms with Crippen LogP contribution in [-0.4, -0.2) is 50.0 Å². The van der Waals surface area contributed by atoms with Crippen LogP contribution in [-0.2, 0) is 11.8 Å². The van der Waals surface area contributed by atoms with Crippen molar-refractivity contribution in [2.45, 2.75) is 6.10 Å². The fourth-order valence-electron chi connectivity index (χ4n) is 2.20. The van der Waals surface area contributed by atoms with Gasteiger partial charge in [0, 0.05) is 38.4 Å². The number of hydrogen-bond acceptors (Lipinski definition) is 5. The Morgan fingerprint density at radius 3 is 2.95 bits per heavy atom. The molecule has 0 N–H and O–H groups in total. The van der Waals surface area contributed by atoms with E-state index in [1.165, 1.54) is 0 Å². The summed E-state index contributed by atoms with van der Waals surface area (Å²) in [5, 5.41) is 0. The van der Waals surface area contributed by atoms with Gasteiger partial charge in [0.1, 0.15) is 6.10 Å². The highest BCUT2D eigenvalue weighted by Crippen LogP contribution is 2.20. The van der Waals surface area contributed by atoms with Crippen LogP contribution in [0, 0.1) is 0 Å². The molecule has 0 aromatic carbocycles. The van der Waals surface area contributed by atoms with Gasteiger partial charge in [-0.3, -0.25) is 14.8 Å². The Hall–Kier alpha value is -2.28. The molecule has 3 rings (SSSR count). The average molecular weight is 273 g/mol. The lowest BCUT2D eigenvalue weighted by Crippen LogP contribution is -2.43. The Kier molecular flexibility index (Phi) is 3.42. The summed E-state index contributed by atoms with van der Waals surface area (Å²) in [4.78, 5) is 26.5. The van der Waals surface area contributed by atoms with Crippen LogP contribution in [0.25, 0.3) is 0 Å². The van der Waals surface area contributed by atoms with Crippen LogP contribution in [0.3, 0.4) is 0 Å². The second-order valence-corrected chi connectivity index (χ2v) is 4.60. The zero-order valence-corrected chi connectivity index (χ0v) is 11.1. The van der Waals surface area contributed by atoms with E-state index in [2.05, 4.69) is 15.0 Å². The summed E-state index contributed by atoms with van der Waals surface area (Å²) in [5.74, 6) is 0.347. The second-order valence-electron chi connectivity index (χ2n) is 4.60. The minimum absolute atomic E-state index is 0.0882. The van der Waals surface area contributed by atoms with Crippen LogP contribution < -0.4 is 0 Å². The van der Waals surface area contributed by atoms with E-state index >= 15 is 0 Å². The number of aromatic nitrogens is 4. The molecule has 3 heterocycles. The molecule has 7 nitrogen and oxygen atoms in total. The molecule has 1 amide bonds. The quantitative estimate of drug-likeness (QED) is 0.793. The molecule has 1 saturated heterocycles. The topological polar surface area (TPSA) is 73.1 Å². The van der Waals surface area contributed by atoms with E-state index < -0.39 is 0 Å². The highest BCUT2D eigenvalue weighted by Gasteiger charge is 2.28. The van der Waals surface area contributed by atoms with E-state index in [1.54, 1.807) is 47.5 Å². The highest BCUT2D eigenvalue weighted by molar-refractivity contribution is 5.90. The number of rotatable bonds is 2. The molecular formula is C13H15N5O2. The maximum absolute atomic E-state index is 12.4. The SMILES string of the molecule is Cn1ccnc1C(=O)N1CCO[C@@H](c2cnccn2)C1. The van der Waals surface area contributed by atoms with Crippen molar-refractivity contribution < 1.29 is 9.53 Å². The number of imidazole rings is 1. The van der Waals surface area contributed by atoms with Crippen LogP contribution in [0.5, 0.6) is 0 Å². The number of amides is 1. The predicted octanol–water partition coefficient (Wildman–Crippen LogP) is 0.424. The van der Waals surface area contributed by atoms with Crippen LogP contribution in [0.1, 0.15) is 22.4 Å². The molecule has 20 heavy (non-hydrogen) atoms. The Bertz CT molecular complexity index is 598. The number of aryl methyl sites for hydroxylation is 1. The maximum atomic E-state index is 12.4. The molecule has 0 bridgehead atoms. The Balaban J connectivity index is 1.76. The van der Waals surface area contributed by atoms with Gasteiger partial charge in [0.2, 0.25) is 0 Å². The van der Waals surface area contributed by atoms with E-state index in [-0.39, 0.29) is 12.0 Å². The van der Waals surface area contributed by atoms with E-state index in [9.17, 15) is 4.79 Å². The maximum Gasteiger partial charge on any atom is 0.290 e. The Morgan fingerprint density at radius 1 is 1.35 bits per heavy atom. The first-order valence-electron chi connectivity index (χ1n) is 6.40. The number of morpholine rings is 1. The molecular weight excluding hydrogens is 258 g/mol. The zero-order valence-electron chi connectivity index (χ0n) is 11.1. The first kappa shape index (κ1) is 12.7. The van der Waals surface area contributed by atoms with Gasteiger partial charge in [0.25, 0.3) is 5.91 Å². The monoisotopic (exact) mass is 273 g/mol. The third-order valence-electron chi connectivity index (χ3n) is 3.28. The average Bonchev–Trinajstić information content (AvgIpc) is 2.94. The largest absolute Gasteiger partial charge is 0.368 e. The summed E-state index contributed by atoms with van der Waals surface area (Å²) in [5.41, 5.74) is 0.741. The van der Waals surface area contributed by atoms with Crippen molar-refractivity contribution >= 4 is 5.91 Å². The number of carbonyl (C=O) groups is 1. The van der Waals surface area contributed by atoms with Gasteiger partial charge in [-0.2, -0.15) is 0 Å². The third-order valence-corrected chi connectivity index (χ3v) is 3.28. The van der Waals surface area contributed by atoms with Crippen molar-refractivity contribution in [1.29, 1.82) is 0 Å². The molecule has 104 valence electrons. The Labute approximate surface area is 116 Å². The van der Waals surface area contributed by atoms with Crippen molar-refractivity contribution in [3.05, 3.63) is 42.5 Å². The summed E-state index contributed by atoms with van der Waals surface area (Å²) < 4.78 is 7.39. The molecule has 1 fully saturated rings.